The molecule has 1 atom stereocenters. The second kappa shape index (κ2) is 12.0. The molecule has 2 aromatic rings. The van der Waals surface area contributed by atoms with Gasteiger partial charge in [0.1, 0.15) is 12.4 Å². The summed E-state index contributed by atoms with van der Waals surface area (Å²) in [4.78, 5) is 25.6. The first-order valence-electron chi connectivity index (χ1n) is 10.9. The van der Waals surface area contributed by atoms with Crippen LogP contribution in [0.4, 0.5) is 5.69 Å². The standard InChI is InChI=1S/C27H27N3O4S/c1-5-14-34-27(32)24-18(3)29-26(35-16-23(31)30-19-12-10-17(2)11-13-19)21(15-28)25(24)20-8-6-7-9-22(20)33-4/h5-13,25,29H,1,14,16H2,2-4H3,(H,30,31)/t25-/m1/s1. The quantitative estimate of drug-likeness (QED) is 0.385. The zero-order valence-electron chi connectivity index (χ0n) is 19.9. The van der Waals surface area contributed by atoms with Crippen molar-refractivity contribution in [3.63, 3.8) is 0 Å². The molecular formula is C27H27N3O4S. The van der Waals surface area contributed by atoms with E-state index in [0.717, 1.165) is 5.56 Å². The number of amides is 1. The van der Waals surface area contributed by atoms with Gasteiger partial charge in [-0.15, -0.1) is 0 Å². The molecule has 1 heterocycles. The van der Waals surface area contributed by atoms with Crippen LogP contribution in [0.5, 0.6) is 5.75 Å². The molecule has 1 aliphatic rings. The van der Waals surface area contributed by atoms with Gasteiger partial charge in [0.25, 0.3) is 0 Å². The van der Waals surface area contributed by atoms with Gasteiger partial charge in [0, 0.05) is 16.9 Å². The van der Waals surface area contributed by atoms with Gasteiger partial charge in [-0.3, -0.25) is 4.79 Å². The number of nitrogens with zero attached hydrogens (tertiary/aromatic N) is 1. The van der Waals surface area contributed by atoms with E-state index in [1.54, 1.807) is 13.0 Å². The average Bonchev–Trinajstić information content (AvgIpc) is 2.86. The summed E-state index contributed by atoms with van der Waals surface area (Å²) >= 11 is 1.20. The molecule has 3 rings (SSSR count). The van der Waals surface area contributed by atoms with Crippen molar-refractivity contribution in [2.75, 3.05) is 24.8 Å². The topological polar surface area (TPSA) is 100 Å². The first-order chi connectivity index (χ1) is 16.9. The number of carbonyl (C=O) groups is 2. The highest BCUT2D eigenvalue weighted by Gasteiger charge is 2.37. The molecule has 1 aliphatic heterocycles. The maximum atomic E-state index is 13.0. The average molecular weight is 490 g/mol. The van der Waals surface area contributed by atoms with Crippen LogP contribution in [0, 0.1) is 18.3 Å². The van der Waals surface area contributed by atoms with Crippen molar-refractivity contribution in [2.45, 2.75) is 19.8 Å². The van der Waals surface area contributed by atoms with Crippen molar-refractivity contribution >= 4 is 29.3 Å². The van der Waals surface area contributed by atoms with Gasteiger partial charge in [-0.1, -0.05) is 60.3 Å². The van der Waals surface area contributed by atoms with Crippen LogP contribution in [0.25, 0.3) is 0 Å². The third-order valence-corrected chi connectivity index (χ3v) is 6.35. The molecule has 0 bridgehead atoms. The van der Waals surface area contributed by atoms with E-state index in [4.69, 9.17) is 9.47 Å². The van der Waals surface area contributed by atoms with Crippen molar-refractivity contribution in [2.24, 2.45) is 0 Å². The highest BCUT2D eigenvalue weighted by Crippen LogP contribution is 2.43. The Morgan fingerprint density at radius 2 is 1.91 bits per heavy atom. The number of methoxy groups -OCH3 is 1. The third kappa shape index (κ3) is 6.14. The van der Waals surface area contributed by atoms with E-state index in [2.05, 4.69) is 23.3 Å². The maximum Gasteiger partial charge on any atom is 0.337 e. The van der Waals surface area contributed by atoms with Gasteiger partial charge in [-0.05, 0) is 32.0 Å². The van der Waals surface area contributed by atoms with E-state index in [-0.39, 0.29) is 18.3 Å². The van der Waals surface area contributed by atoms with E-state index in [0.29, 0.717) is 38.9 Å². The first-order valence-corrected chi connectivity index (χ1v) is 11.9. The number of rotatable bonds is 9. The van der Waals surface area contributed by atoms with Crippen LogP contribution in [0.1, 0.15) is 24.0 Å². The van der Waals surface area contributed by atoms with Crippen LogP contribution in [0.15, 0.2) is 83.1 Å². The molecule has 8 heteroatoms. The number of thioether (sulfide) groups is 1. The number of ether oxygens (including phenoxy) is 2. The number of esters is 1. The number of nitriles is 1. The molecule has 180 valence electrons. The molecule has 2 aromatic carbocycles. The number of benzene rings is 2. The smallest absolute Gasteiger partial charge is 0.337 e. The summed E-state index contributed by atoms with van der Waals surface area (Å²) in [5.74, 6) is -0.881. The number of aryl methyl sites for hydroxylation is 1. The zero-order valence-corrected chi connectivity index (χ0v) is 20.7. The molecule has 7 nitrogen and oxygen atoms in total. The predicted molar refractivity (Wildman–Crippen MR) is 138 cm³/mol. The Morgan fingerprint density at radius 1 is 1.20 bits per heavy atom. The normalized spacial score (nSPS) is 15.1. The SMILES string of the molecule is C=CCOC(=O)C1=C(C)NC(SCC(=O)Nc2ccc(C)cc2)=C(C#N)[C@H]1c1ccccc1OC. The number of hydrogen-bond acceptors (Lipinski definition) is 7. The van der Waals surface area contributed by atoms with Gasteiger partial charge in [0.15, 0.2) is 0 Å². The second-order valence-electron chi connectivity index (χ2n) is 7.78. The third-order valence-electron chi connectivity index (χ3n) is 5.33. The minimum Gasteiger partial charge on any atom is -0.496 e. The molecule has 35 heavy (non-hydrogen) atoms. The van der Waals surface area contributed by atoms with Gasteiger partial charge in [0.2, 0.25) is 5.91 Å². The van der Waals surface area contributed by atoms with Crippen LogP contribution in [0.2, 0.25) is 0 Å². The fourth-order valence-electron chi connectivity index (χ4n) is 3.70. The number of dihydropyridines is 1. The van der Waals surface area contributed by atoms with Crippen LogP contribution >= 0.6 is 11.8 Å². The Labute approximate surface area is 209 Å². The highest BCUT2D eigenvalue weighted by atomic mass is 32.2. The maximum absolute atomic E-state index is 13.0. The summed E-state index contributed by atoms with van der Waals surface area (Å²) < 4.78 is 10.9. The van der Waals surface area contributed by atoms with Crippen molar-refractivity contribution in [1.29, 1.82) is 5.26 Å². The number of carbonyl (C=O) groups excluding carboxylic acids is 2. The molecule has 0 saturated carbocycles. The van der Waals surface area contributed by atoms with E-state index >= 15 is 0 Å². The molecule has 0 aliphatic carbocycles. The molecule has 0 spiro atoms. The molecule has 0 radical (unpaired) electrons. The summed E-state index contributed by atoms with van der Waals surface area (Å²) in [7, 11) is 1.53. The Balaban J connectivity index is 1.93. The van der Waals surface area contributed by atoms with E-state index < -0.39 is 11.9 Å². The molecule has 0 saturated heterocycles. The molecular weight excluding hydrogens is 462 g/mol. The monoisotopic (exact) mass is 489 g/mol. The number of para-hydroxylation sites is 1. The molecule has 0 fully saturated rings. The number of nitrogens with one attached hydrogen (secondary N) is 2. The fourth-order valence-corrected chi connectivity index (χ4v) is 4.59. The lowest BCUT2D eigenvalue weighted by molar-refractivity contribution is -0.138. The lowest BCUT2D eigenvalue weighted by atomic mass is 9.82. The lowest BCUT2D eigenvalue weighted by Crippen LogP contribution is -2.29. The van der Waals surface area contributed by atoms with Crippen LogP contribution < -0.4 is 15.4 Å². The predicted octanol–water partition coefficient (Wildman–Crippen LogP) is 4.80. The second-order valence-corrected chi connectivity index (χ2v) is 8.77. The molecule has 1 amide bonds. The Kier molecular flexibility index (Phi) is 8.76. The summed E-state index contributed by atoms with van der Waals surface area (Å²) in [6.45, 7) is 7.35. The number of anilines is 1. The van der Waals surface area contributed by atoms with E-state index in [1.165, 1.54) is 24.9 Å². The Morgan fingerprint density at radius 3 is 2.57 bits per heavy atom. The first kappa shape index (κ1) is 25.7. The van der Waals surface area contributed by atoms with Crippen molar-refractivity contribution in [3.8, 4) is 11.8 Å². The zero-order chi connectivity index (χ0) is 25.4. The molecule has 0 aromatic heterocycles. The largest absolute Gasteiger partial charge is 0.496 e. The van der Waals surface area contributed by atoms with E-state index in [9.17, 15) is 14.9 Å². The van der Waals surface area contributed by atoms with Crippen molar-refractivity contribution in [3.05, 3.63) is 94.2 Å². The van der Waals surface area contributed by atoms with Gasteiger partial charge in [-0.25, -0.2) is 4.79 Å². The van der Waals surface area contributed by atoms with Gasteiger partial charge >= 0.3 is 5.97 Å². The summed E-state index contributed by atoms with van der Waals surface area (Å²) in [5, 5.41) is 16.6. The minimum atomic E-state index is -0.725. The summed E-state index contributed by atoms with van der Waals surface area (Å²) in [6.07, 6.45) is 1.48. The number of allylic oxidation sites excluding steroid dienone is 2. The van der Waals surface area contributed by atoms with Crippen molar-refractivity contribution < 1.29 is 19.1 Å². The lowest BCUT2D eigenvalue weighted by Gasteiger charge is -2.30. The van der Waals surface area contributed by atoms with Gasteiger partial charge in [-0.2, -0.15) is 5.26 Å². The van der Waals surface area contributed by atoms with Gasteiger partial charge in [0.05, 0.1) is 41.0 Å². The molecule has 0 unspecified atom stereocenters. The van der Waals surface area contributed by atoms with Crippen LogP contribution in [-0.2, 0) is 14.3 Å². The minimum absolute atomic E-state index is 0.0423. The van der Waals surface area contributed by atoms with Crippen molar-refractivity contribution in [1.82, 2.24) is 5.32 Å². The van der Waals surface area contributed by atoms with E-state index in [1.807, 2.05) is 49.4 Å². The molecule has 2 N–H and O–H groups in total. The highest BCUT2D eigenvalue weighted by molar-refractivity contribution is 8.03. The van der Waals surface area contributed by atoms with Crippen LogP contribution in [0.3, 0.4) is 0 Å². The fraction of sp³-hybridized carbons (Fsp3) is 0.222. The number of hydrogen-bond donors (Lipinski definition) is 2. The van der Waals surface area contributed by atoms with Crippen LogP contribution in [-0.4, -0.2) is 31.3 Å². The Bertz CT molecular complexity index is 1230. The van der Waals surface area contributed by atoms with Gasteiger partial charge < -0.3 is 20.1 Å². The summed E-state index contributed by atoms with van der Waals surface area (Å²) in [5.41, 5.74) is 3.60. The summed E-state index contributed by atoms with van der Waals surface area (Å²) in [6, 6.07) is 17.0. The Hall–Kier alpha value is -3.96.